The highest BCUT2D eigenvalue weighted by Crippen LogP contribution is 2.12. The molecule has 26 heavy (non-hydrogen) atoms. The fourth-order valence-corrected chi connectivity index (χ4v) is 3.30. The molecule has 0 aliphatic carbocycles. The lowest BCUT2D eigenvalue weighted by atomic mass is 10.2. The molecule has 3 rings (SSSR count). The SMILES string of the molecule is CC[C@H](C)n1c(=O)c2ccccc2n(CC(=O)NC[C@H]2CCCO2)c1=O. The van der Waals surface area contributed by atoms with Gasteiger partial charge in [0.2, 0.25) is 5.91 Å². The van der Waals surface area contributed by atoms with Crippen LogP contribution in [-0.2, 0) is 16.1 Å². The number of aromatic nitrogens is 2. The zero-order valence-corrected chi connectivity index (χ0v) is 15.2. The maximum Gasteiger partial charge on any atom is 0.332 e. The van der Waals surface area contributed by atoms with Crippen molar-refractivity contribution < 1.29 is 9.53 Å². The summed E-state index contributed by atoms with van der Waals surface area (Å²) in [5, 5.41) is 3.28. The van der Waals surface area contributed by atoms with Crippen molar-refractivity contribution >= 4 is 16.8 Å². The van der Waals surface area contributed by atoms with E-state index < -0.39 is 5.69 Å². The van der Waals surface area contributed by atoms with E-state index in [2.05, 4.69) is 5.32 Å². The first kappa shape index (κ1) is 18.4. The lowest BCUT2D eigenvalue weighted by molar-refractivity contribution is -0.122. The predicted molar refractivity (Wildman–Crippen MR) is 99.5 cm³/mol. The van der Waals surface area contributed by atoms with Crippen molar-refractivity contribution in [1.29, 1.82) is 0 Å². The minimum Gasteiger partial charge on any atom is -0.376 e. The van der Waals surface area contributed by atoms with Gasteiger partial charge in [0.25, 0.3) is 5.56 Å². The molecule has 0 spiro atoms. The molecule has 1 aromatic carbocycles. The summed E-state index contributed by atoms with van der Waals surface area (Å²) in [5.41, 5.74) is -0.277. The number of ether oxygens (including phenoxy) is 1. The van der Waals surface area contributed by atoms with Crippen molar-refractivity contribution in [1.82, 2.24) is 14.5 Å². The Kier molecular flexibility index (Phi) is 5.56. The van der Waals surface area contributed by atoms with Crippen LogP contribution in [0, 0.1) is 0 Å². The Labute approximate surface area is 151 Å². The van der Waals surface area contributed by atoms with E-state index in [1.54, 1.807) is 24.3 Å². The number of benzene rings is 1. The van der Waals surface area contributed by atoms with E-state index in [0.29, 0.717) is 23.9 Å². The Balaban J connectivity index is 1.94. The third kappa shape index (κ3) is 3.58. The molecule has 1 aromatic heterocycles. The van der Waals surface area contributed by atoms with Gasteiger partial charge in [0, 0.05) is 19.2 Å². The van der Waals surface area contributed by atoms with E-state index in [-0.39, 0.29) is 30.2 Å². The first-order chi connectivity index (χ1) is 12.5. The van der Waals surface area contributed by atoms with Gasteiger partial charge >= 0.3 is 5.69 Å². The van der Waals surface area contributed by atoms with E-state index >= 15 is 0 Å². The smallest absolute Gasteiger partial charge is 0.332 e. The molecule has 2 aromatic rings. The van der Waals surface area contributed by atoms with E-state index in [4.69, 9.17) is 4.74 Å². The van der Waals surface area contributed by atoms with Crippen molar-refractivity contribution in [3.05, 3.63) is 45.1 Å². The van der Waals surface area contributed by atoms with Crippen LogP contribution in [0.5, 0.6) is 0 Å². The standard InChI is InChI=1S/C19H25N3O4/c1-3-13(2)22-18(24)15-8-4-5-9-16(15)21(19(22)25)12-17(23)20-11-14-7-6-10-26-14/h4-5,8-9,13-14H,3,6-7,10-12H2,1-2H3,(H,20,23)/t13-,14+/m0/s1. The van der Waals surface area contributed by atoms with Gasteiger partial charge in [-0.15, -0.1) is 0 Å². The summed E-state index contributed by atoms with van der Waals surface area (Å²) >= 11 is 0. The Morgan fingerprint density at radius 3 is 2.81 bits per heavy atom. The largest absolute Gasteiger partial charge is 0.376 e. The molecule has 0 radical (unpaired) electrons. The first-order valence-electron chi connectivity index (χ1n) is 9.15. The summed E-state index contributed by atoms with van der Waals surface area (Å²) < 4.78 is 8.13. The molecular formula is C19H25N3O4. The number of rotatable bonds is 6. The first-order valence-corrected chi connectivity index (χ1v) is 9.15. The summed E-state index contributed by atoms with van der Waals surface area (Å²) in [4.78, 5) is 38.0. The molecule has 1 saturated heterocycles. The van der Waals surface area contributed by atoms with E-state index in [0.717, 1.165) is 19.4 Å². The van der Waals surface area contributed by atoms with E-state index in [1.807, 2.05) is 13.8 Å². The van der Waals surface area contributed by atoms with Crippen LogP contribution in [0.2, 0.25) is 0 Å². The molecule has 2 atom stereocenters. The third-order valence-corrected chi connectivity index (χ3v) is 4.97. The highest BCUT2D eigenvalue weighted by Gasteiger charge is 2.19. The molecule has 7 heteroatoms. The lowest BCUT2D eigenvalue weighted by Crippen LogP contribution is -2.44. The number of amides is 1. The van der Waals surface area contributed by atoms with Crippen LogP contribution in [0.1, 0.15) is 39.2 Å². The number of nitrogens with one attached hydrogen (secondary N) is 1. The number of carbonyl (C=O) groups excluding carboxylic acids is 1. The maximum atomic E-state index is 12.9. The second kappa shape index (κ2) is 7.86. The summed E-state index contributed by atoms with van der Waals surface area (Å²) in [7, 11) is 0. The van der Waals surface area contributed by atoms with E-state index in [9.17, 15) is 14.4 Å². The second-order valence-corrected chi connectivity index (χ2v) is 6.76. The summed E-state index contributed by atoms with van der Waals surface area (Å²) in [5.74, 6) is -0.262. The zero-order chi connectivity index (χ0) is 18.7. The molecular weight excluding hydrogens is 334 g/mol. The number of hydrogen-bond donors (Lipinski definition) is 1. The second-order valence-electron chi connectivity index (χ2n) is 6.76. The van der Waals surface area contributed by atoms with Crippen molar-refractivity contribution in [3.8, 4) is 0 Å². The van der Waals surface area contributed by atoms with Gasteiger partial charge in [-0.25, -0.2) is 4.79 Å². The molecule has 1 fully saturated rings. The molecule has 1 aliphatic heterocycles. The highest BCUT2D eigenvalue weighted by atomic mass is 16.5. The van der Waals surface area contributed by atoms with Crippen molar-refractivity contribution in [2.75, 3.05) is 13.2 Å². The van der Waals surface area contributed by atoms with Gasteiger partial charge in [-0.2, -0.15) is 0 Å². The monoisotopic (exact) mass is 359 g/mol. The summed E-state index contributed by atoms with van der Waals surface area (Å²) in [6.45, 7) is 4.80. The molecule has 1 aliphatic rings. The highest BCUT2D eigenvalue weighted by molar-refractivity contribution is 5.81. The number of hydrogen-bond acceptors (Lipinski definition) is 4. The van der Waals surface area contributed by atoms with Crippen LogP contribution in [0.15, 0.2) is 33.9 Å². The average molecular weight is 359 g/mol. The van der Waals surface area contributed by atoms with Crippen LogP contribution in [-0.4, -0.2) is 34.3 Å². The molecule has 0 bridgehead atoms. The van der Waals surface area contributed by atoms with Crippen LogP contribution in [0.4, 0.5) is 0 Å². The molecule has 140 valence electrons. The van der Waals surface area contributed by atoms with Crippen LogP contribution < -0.4 is 16.6 Å². The molecule has 1 amide bonds. The van der Waals surface area contributed by atoms with Crippen LogP contribution in [0.25, 0.3) is 10.9 Å². The fourth-order valence-electron chi connectivity index (χ4n) is 3.30. The van der Waals surface area contributed by atoms with Crippen molar-refractivity contribution in [2.24, 2.45) is 0 Å². The van der Waals surface area contributed by atoms with Crippen LogP contribution >= 0.6 is 0 Å². The molecule has 0 unspecified atom stereocenters. The molecule has 1 N–H and O–H groups in total. The minimum absolute atomic E-state index is 0.0430. The van der Waals surface area contributed by atoms with Crippen molar-refractivity contribution in [3.63, 3.8) is 0 Å². The fraction of sp³-hybridized carbons (Fsp3) is 0.526. The number of carbonyl (C=O) groups is 1. The third-order valence-electron chi connectivity index (χ3n) is 4.97. The summed E-state index contributed by atoms with van der Waals surface area (Å²) in [6, 6.07) is 6.68. The summed E-state index contributed by atoms with van der Waals surface area (Å²) in [6.07, 6.45) is 2.63. The predicted octanol–water partition coefficient (Wildman–Crippen LogP) is 1.43. The Morgan fingerprint density at radius 1 is 1.35 bits per heavy atom. The van der Waals surface area contributed by atoms with Gasteiger partial charge in [-0.1, -0.05) is 19.1 Å². The van der Waals surface area contributed by atoms with Gasteiger partial charge < -0.3 is 10.1 Å². The maximum absolute atomic E-state index is 12.9. The van der Waals surface area contributed by atoms with Gasteiger partial charge in [0.15, 0.2) is 0 Å². The van der Waals surface area contributed by atoms with Gasteiger partial charge in [-0.05, 0) is 38.3 Å². The zero-order valence-electron chi connectivity index (χ0n) is 15.2. The number of fused-ring (bicyclic) bond motifs is 1. The number of nitrogens with zero attached hydrogens (tertiary/aromatic N) is 2. The van der Waals surface area contributed by atoms with Crippen molar-refractivity contribution in [2.45, 2.75) is 51.8 Å². The molecule has 2 heterocycles. The quantitative estimate of drug-likeness (QED) is 0.846. The van der Waals surface area contributed by atoms with Gasteiger partial charge in [0.05, 0.1) is 17.0 Å². The van der Waals surface area contributed by atoms with E-state index in [1.165, 1.54) is 9.13 Å². The normalized spacial score (nSPS) is 18.2. The minimum atomic E-state index is -0.449. The Hall–Kier alpha value is -2.41. The molecule has 0 saturated carbocycles. The molecule has 7 nitrogen and oxygen atoms in total. The van der Waals surface area contributed by atoms with Gasteiger partial charge in [-0.3, -0.25) is 18.7 Å². The number of para-hydroxylation sites is 1. The average Bonchev–Trinajstić information content (AvgIpc) is 3.17. The Bertz CT molecular complexity index is 909. The van der Waals surface area contributed by atoms with Gasteiger partial charge in [0.1, 0.15) is 6.54 Å². The lowest BCUT2D eigenvalue weighted by Gasteiger charge is -2.18. The topological polar surface area (TPSA) is 82.3 Å². The Morgan fingerprint density at radius 2 is 2.12 bits per heavy atom. The van der Waals surface area contributed by atoms with Crippen LogP contribution in [0.3, 0.4) is 0 Å².